The van der Waals surface area contributed by atoms with Crippen LogP contribution < -0.4 is 5.14 Å². The number of benzene rings is 1. The van der Waals surface area contributed by atoms with Crippen LogP contribution in [0.25, 0.3) is 11.0 Å². The first-order valence-electron chi connectivity index (χ1n) is 8.61. The van der Waals surface area contributed by atoms with Crippen molar-refractivity contribution in [2.24, 2.45) is 5.14 Å². The van der Waals surface area contributed by atoms with Crippen LogP contribution in [0.5, 0.6) is 0 Å². The van der Waals surface area contributed by atoms with E-state index < -0.39 is 16.0 Å². The van der Waals surface area contributed by atoms with Crippen LogP contribution in [-0.2, 0) is 27.9 Å². The molecule has 0 radical (unpaired) electrons. The molecule has 0 fully saturated rings. The molecule has 0 aliphatic rings. The van der Waals surface area contributed by atoms with Crippen molar-refractivity contribution in [2.45, 2.75) is 37.8 Å². The molecule has 8 nitrogen and oxygen atoms in total. The van der Waals surface area contributed by atoms with Gasteiger partial charge in [0.25, 0.3) is 0 Å². The number of carbonyl (C=O) groups is 1. The van der Waals surface area contributed by atoms with E-state index in [-0.39, 0.29) is 22.2 Å². The number of halogens is 1. The van der Waals surface area contributed by atoms with Gasteiger partial charge in [-0.2, -0.15) is 0 Å². The maximum Gasteiger partial charge on any atom is 0.341 e. The summed E-state index contributed by atoms with van der Waals surface area (Å²) in [6.45, 7) is 2.62. The average Bonchev–Trinajstić information content (AvgIpc) is 3.00. The van der Waals surface area contributed by atoms with Gasteiger partial charge < -0.3 is 9.30 Å². The molecule has 2 aromatic heterocycles. The van der Waals surface area contributed by atoms with Gasteiger partial charge in [-0.1, -0.05) is 24.9 Å². The molecule has 3 aromatic rings. The molecule has 0 saturated heterocycles. The summed E-state index contributed by atoms with van der Waals surface area (Å²) in [7, 11) is -3.84. The Hall–Kier alpha value is -2.49. The minimum absolute atomic E-state index is 0.0224. The first kappa shape index (κ1) is 20.2. The topological polar surface area (TPSA) is 117 Å². The average molecular weight is 423 g/mol. The summed E-state index contributed by atoms with van der Waals surface area (Å²) in [6.07, 6.45) is 3.32. The van der Waals surface area contributed by atoms with Crippen LogP contribution in [0.15, 0.2) is 41.4 Å². The molecule has 0 bridgehead atoms. The van der Waals surface area contributed by atoms with Crippen molar-refractivity contribution in [3.05, 3.63) is 53.1 Å². The summed E-state index contributed by atoms with van der Waals surface area (Å²) in [5.41, 5.74) is 1.37. The van der Waals surface area contributed by atoms with E-state index in [9.17, 15) is 13.2 Å². The highest BCUT2D eigenvalue weighted by atomic mass is 35.5. The molecule has 0 spiro atoms. The SMILES string of the molecule is CCCCn1c(COC(=O)c2cccnc2Cl)nc2cc(S(N)(=O)=O)ccc21. The van der Waals surface area contributed by atoms with Crippen molar-refractivity contribution in [1.29, 1.82) is 0 Å². The van der Waals surface area contributed by atoms with Crippen LogP contribution >= 0.6 is 11.6 Å². The number of rotatable bonds is 7. The van der Waals surface area contributed by atoms with Crippen LogP contribution in [0.3, 0.4) is 0 Å². The lowest BCUT2D eigenvalue weighted by atomic mass is 10.3. The largest absolute Gasteiger partial charge is 0.454 e. The Balaban J connectivity index is 1.92. The standard InChI is InChI=1S/C18H19ClN4O4S/c1-2-3-9-23-15-7-6-12(28(20,25)26)10-14(15)22-16(23)11-27-18(24)13-5-4-8-21-17(13)19/h4-8,10H,2-3,9,11H2,1H3,(H2,20,25,26). The van der Waals surface area contributed by atoms with Gasteiger partial charge in [0.1, 0.15) is 17.6 Å². The molecule has 28 heavy (non-hydrogen) atoms. The second-order valence-electron chi connectivity index (χ2n) is 6.15. The number of unbranched alkanes of at least 4 members (excludes halogenated alkanes) is 1. The van der Waals surface area contributed by atoms with Gasteiger partial charge in [0.05, 0.1) is 21.5 Å². The minimum atomic E-state index is -3.84. The predicted molar refractivity (Wildman–Crippen MR) is 104 cm³/mol. The van der Waals surface area contributed by atoms with Gasteiger partial charge in [-0.05, 0) is 36.8 Å². The first-order chi connectivity index (χ1) is 13.3. The molecular formula is C18H19ClN4O4S. The van der Waals surface area contributed by atoms with E-state index in [1.54, 1.807) is 12.1 Å². The Bertz CT molecular complexity index is 1130. The second-order valence-corrected chi connectivity index (χ2v) is 8.07. The molecule has 2 N–H and O–H groups in total. The monoisotopic (exact) mass is 422 g/mol. The lowest BCUT2D eigenvalue weighted by Gasteiger charge is -2.09. The normalized spacial score (nSPS) is 11.7. The molecule has 148 valence electrons. The van der Waals surface area contributed by atoms with Crippen LogP contribution in [0.2, 0.25) is 5.15 Å². The van der Waals surface area contributed by atoms with E-state index in [0.29, 0.717) is 17.9 Å². The number of esters is 1. The Morgan fingerprint density at radius 2 is 2.11 bits per heavy atom. The summed E-state index contributed by atoms with van der Waals surface area (Å²) in [5.74, 6) is -0.110. The first-order valence-corrected chi connectivity index (χ1v) is 10.5. The fourth-order valence-corrected chi connectivity index (χ4v) is 3.49. The van der Waals surface area contributed by atoms with Crippen molar-refractivity contribution in [3.63, 3.8) is 0 Å². The zero-order valence-electron chi connectivity index (χ0n) is 15.1. The number of pyridine rings is 1. The van der Waals surface area contributed by atoms with E-state index >= 15 is 0 Å². The molecule has 10 heteroatoms. The Kier molecular flexibility index (Phi) is 5.97. The van der Waals surface area contributed by atoms with E-state index in [0.717, 1.165) is 18.4 Å². The van der Waals surface area contributed by atoms with Crippen LogP contribution in [0.1, 0.15) is 35.9 Å². The van der Waals surface area contributed by atoms with Gasteiger partial charge in [-0.15, -0.1) is 0 Å². The third kappa shape index (κ3) is 4.32. The number of sulfonamides is 1. The highest BCUT2D eigenvalue weighted by molar-refractivity contribution is 7.89. The smallest absolute Gasteiger partial charge is 0.341 e. The summed E-state index contributed by atoms with van der Waals surface area (Å²) >= 11 is 5.92. The number of aryl methyl sites for hydroxylation is 1. The lowest BCUT2D eigenvalue weighted by molar-refractivity contribution is 0.0458. The number of fused-ring (bicyclic) bond motifs is 1. The summed E-state index contributed by atoms with van der Waals surface area (Å²) in [5, 5.41) is 5.26. The highest BCUT2D eigenvalue weighted by Gasteiger charge is 2.17. The van der Waals surface area contributed by atoms with Crippen molar-refractivity contribution in [2.75, 3.05) is 0 Å². The van der Waals surface area contributed by atoms with Gasteiger partial charge in [0, 0.05) is 12.7 Å². The molecule has 0 saturated carbocycles. The Labute approximate surface area is 167 Å². The van der Waals surface area contributed by atoms with Crippen LogP contribution in [0.4, 0.5) is 0 Å². The predicted octanol–water partition coefficient (Wildman–Crippen LogP) is 2.89. The fraction of sp³-hybridized carbons (Fsp3) is 0.278. The van der Waals surface area contributed by atoms with Crippen LogP contribution in [0, 0.1) is 0 Å². The summed E-state index contributed by atoms with van der Waals surface area (Å²) < 4.78 is 30.5. The number of nitrogens with zero attached hydrogens (tertiary/aromatic N) is 3. The number of ether oxygens (including phenoxy) is 1. The van der Waals surface area contributed by atoms with Crippen molar-refractivity contribution < 1.29 is 17.9 Å². The molecule has 1 aromatic carbocycles. The van der Waals surface area contributed by atoms with Gasteiger partial charge in [0.2, 0.25) is 10.0 Å². The fourth-order valence-electron chi connectivity index (χ4n) is 2.76. The maximum absolute atomic E-state index is 12.3. The molecule has 0 atom stereocenters. The Morgan fingerprint density at radius 3 is 2.79 bits per heavy atom. The maximum atomic E-state index is 12.3. The minimum Gasteiger partial charge on any atom is -0.454 e. The third-order valence-electron chi connectivity index (χ3n) is 4.17. The van der Waals surface area contributed by atoms with Gasteiger partial charge in [-0.3, -0.25) is 0 Å². The van der Waals surface area contributed by atoms with Crippen LogP contribution in [-0.4, -0.2) is 28.9 Å². The molecular weight excluding hydrogens is 404 g/mol. The van der Waals surface area contributed by atoms with E-state index in [4.69, 9.17) is 21.5 Å². The lowest BCUT2D eigenvalue weighted by Crippen LogP contribution is -2.12. The number of aromatic nitrogens is 3. The number of carbonyl (C=O) groups excluding carboxylic acids is 1. The quantitative estimate of drug-likeness (QED) is 0.462. The summed E-state index contributed by atoms with van der Waals surface area (Å²) in [6, 6.07) is 7.62. The van der Waals surface area contributed by atoms with E-state index in [2.05, 4.69) is 16.9 Å². The van der Waals surface area contributed by atoms with Gasteiger partial charge >= 0.3 is 5.97 Å². The molecule has 0 amide bonds. The second kappa shape index (κ2) is 8.26. The van der Waals surface area contributed by atoms with E-state index in [1.165, 1.54) is 24.4 Å². The number of nitrogens with two attached hydrogens (primary N) is 1. The zero-order chi connectivity index (χ0) is 20.3. The Morgan fingerprint density at radius 1 is 1.32 bits per heavy atom. The third-order valence-corrected chi connectivity index (χ3v) is 5.39. The molecule has 2 heterocycles. The van der Waals surface area contributed by atoms with Crippen molar-refractivity contribution >= 4 is 38.6 Å². The van der Waals surface area contributed by atoms with Crippen molar-refractivity contribution in [3.8, 4) is 0 Å². The molecule has 0 unspecified atom stereocenters. The highest BCUT2D eigenvalue weighted by Crippen LogP contribution is 2.22. The number of primary sulfonamides is 1. The van der Waals surface area contributed by atoms with Gasteiger partial charge in [0.15, 0.2) is 0 Å². The molecule has 0 aliphatic carbocycles. The van der Waals surface area contributed by atoms with E-state index in [1.807, 2.05) is 4.57 Å². The summed E-state index contributed by atoms with van der Waals surface area (Å²) in [4.78, 5) is 20.6. The zero-order valence-corrected chi connectivity index (χ0v) is 16.7. The van der Waals surface area contributed by atoms with Gasteiger partial charge in [-0.25, -0.2) is 28.3 Å². The number of hydrogen-bond donors (Lipinski definition) is 1. The molecule has 0 aliphatic heterocycles. The molecule has 3 rings (SSSR count). The number of imidazole rings is 1. The van der Waals surface area contributed by atoms with Crippen molar-refractivity contribution in [1.82, 2.24) is 14.5 Å². The number of hydrogen-bond acceptors (Lipinski definition) is 6.